The second kappa shape index (κ2) is 7.18. The lowest BCUT2D eigenvalue weighted by Gasteiger charge is -2.07. The molecule has 0 spiro atoms. The summed E-state index contributed by atoms with van der Waals surface area (Å²) >= 11 is 2.22. The van der Waals surface area contributed by atoms with E-state index >= 15 is 0 Å². The summed E-state index contributed by atoms with van der Waals surface area (Å²) in [7, 11) is 0. The predicted octanol–water partition coefficient (Wildman–Crippen LogP) is 3.16. The van der Waals surface area contributed by atoms with Gasteiger partial charge in [0.2, 0.25) is 0 Å². The van der Waals surface area contributed by atoms with Crippen molar-refractivity contribution in [3.8, 4) is 0 Å². The number of nitrogens with one attached hydrogen (secondary N) is 2. The summed E-state index contributed by atoms with van der Waals surface area (Å²) < 4.78 is 1.12. The molecule has 6 heteroatoms. The van der Waals surface area contributed by atoms with Gasteiger partial charge in [-0.1, -0.05) is 6.92 Å². The lowest BCUT2D eigenvalue weighted by molar-refractivity contribution is 0.102. The zero-order valence-corrected chi connectivity index (χ0v) is 13.2. The summed E-state index contributed by atoms with van der Waals surface area (Å²) in [5.74, 6) is 0.348. The van der Waals surface area contributed by atoms with E-state index in [9.17, 15) is 4.79 Å². The predicted molar refractivity (Wildman–Crippen MR) is 87.9 cm³/mol. The van der Waals surface area contributed by atoms with Gasteiger partial charge in [0.05, 0.1) is 12.4 Å². The van der Waals surface area contributed by atoms with E-state index in [1.807, 2.05) is 24.3 Å². The number of aromatic nitrogens is 2. The third kappa shape index (κ3) is 4.16. The van der Waals surface area contributed by atoms with E-state index in [4.69, 9.17) is 0 Å². The van der Waals surface area contributed by atoms with Crippen molar-refractivity contribution in [3.63, 3.8) is 0 Å². The largest absolute Gasteiger partial charge is 0.369 e. The molecule has 0 saturated carbocycles. The Hall–Kier alpha value is -1.70. The van der Waals surface area contributed by atoms with Crippen LogP contribution >= 0.6 is 22.6 Å². The topological polar surface area (TPSA) is 66.9 Å². The number of anilines is 2. The van der Waals surface area contributed by atoms with Gasteiger partial charge in [-0.3, -0.25) is 9.78 Å². The Bertz CT molecular complexity index is 586. The van der Waals surface area contributed by atoms with E-state index in [1.165, 1.54) is 6.20 Å². The van der Waals surface area contributed by atoms with Gasteiger partial charge < -0.3 is 10.6 Å². The molecule has 0 aliphatic rings. The van der Waals surface area contributed by atoms with Crippen molar-refractivity contribution in [1.29, 1.82) is 0 Å². The third-order valence-electron chi connectivity index (χ3n) is 2.53. The molecule has 5 nitrogen and oxygen atoms in total. The van der Waals surface area contributed by atoms with E-state index in [-0.39, 0.29) is 5.91 Å². The van der Waals surface area contributed by atoms with Gasteiger partial charge in [-0.05, 0) is 53.3 Å². The molecule has 0 bridgehead atoms. The lowest BCUT2D eigenvalue weighted by Crippen LogP contribution is -2.15. The zero-order chi connectivity index (χ0) is 14.4. The molecule has 0 atom stereocenters. The zero-order valence-electron chi connectivity index (χ0n) is 11.1. The van der Waals surface area contributed by atoms with Crippen LogP contribution < -0.4 is 10.6 Å². The highest BCUT2D eigenvalue weighted by Gasteiger charge is 2.09. The first-order chi connectivity index (χ1) is 9.69. The summed E-state index contributed by atoms with van der Waals surface area (Å²) in [6, 6.07) is 7.57. The average Bonchev–Trinajstić information content (AvgIpc) is 2.48. The first kappa shape index (κ1) is 14.7. The molecule has 1 heterocycles. The first-order valence-electron chi connectivity index (χ1n) is 6.32. The molecule has 2 rings (SSSR count). The van der Waals surface area contributed by atoms with E-state index in [0.717, 1.165) is 22.2 Å². The third-order valence-corrected chi connectivity index (χ3v) is 3.24. The highest BCUT2D eigenvalue weighted by Crippen LogP contribution is 2.12. The van der Waals surface area contributed by atoms with E-state index < -0.39 is 0 Å². The van der Waals surface area contributed by atoms with Gasteiger partial charge in [-0.2, -0.15) is 0 Å². The molecule has 1 aromatic heterocycles. The minimum atomic E-state index is -0.265. The van der Waals surface area contributed by atoms with Crippen LogP contribution in [0.15, 0.2) is 36.7 Å². The minimum Gasteiger partial charge on any atom is -0.369 e. The van der Waals surface area contributed by atoms with Crippen molar-refractivity contribution in [2.24, 2.45) is 0 Å². The molecule has 104 valence electrons. The van der Waals surface area contributed by atoms with Crippen LogP contribution in [-0.2, 0) is 0 Å². The van der Waals surface area contributed by atoms with Gasteiger partial charge >= 0.3 is 0 Å². The van der Waals surface area contributed by atoms with Gasteiger partial charge in [-0.15, -0.1) is 0 Å². The number of amides is 1. The summed E-state index contributed by atoms with van der Waals surface area (Å²) in [6.45, 7) is 2.87. The number of benzene rings is 1. The van der Waals surface area contributed by atoms with Crippen LogP contribution in [0.3, 0.4) is 0 Å². The number of halogens is 1. The van der Waals surface area contributed by atoms with Gasteiger partial charge in [0.25, 0.3) is 5.91 Å². The molecule has 1 amide bonds. The molecule has 0 saturated heterocycles. The fourth-order valence-electron chi connectivity index (χ4n) is 1.54. The first-order valence-corrected chi connectivity index (χ1v) is 7.39. The highest BCUT2D eigenvalue weighted by atomic mass is 127. The van der Waals surface area contributed by atoms with Gasteiger partial charge in [0, 0.05) is 15.8 Å². The van der Waals surface area contributed by atoms with E-state index in [1.54, 1.807) is 6.20 Å². The molecule has 20 heavy (non-hydrogen) atoms. The number of hydrogen-bond acceptors (Lipinski definition) is 4. The quantitative estimate of drug-likeness (QED) is 0.780. The van der Waals surface area contributed by atoms with Crippen molar-refractivity contribution >= 4 is 40.0 Å². The number of carbonyl (C=O) groups excluding carboxylic acids is 1. The average molecular weight is 382 g/mol. The molecule has 0 aliphatic heterocycles. The Labute approximate surface area is 131 Å². The second-order valence-corrected chi connectivity index (χ2v) is 5.42. The fraction of sp³-hybridized carbons (Fsp3) is 0.214. The lowest BCUT2D eigenvalue weighted by atomic mass is 10.3. The standard InChI is InChI=1S/C14H15IN4O/c1-2-7-17-13-9-16-8-12(19-13)14(20)18-11-5-3-10(15)4-6-11/h3-6,8-9H,2,7H2,1H3,(H,17,19)(H,18,20). The van der Waals surface area contributed by atoms with Crippen LogP contribution in [-0.4, -0.2) is 22.4 Å². The van der Waals surface area contributed by atoms with Gasteiger partial charge in [0.15, 0.2) is 0 Å². The minimum absolute atomic E-state index is 0.265. The van der Waals surface area contributed by atoms with Crippen LogP contribution in [0, 0.1) is 3.57 Å². The summed E-state index contributed by atoms with van der Waals surface area (Å²) in [4.78, 5) is 20.3. The molecule has 0 unspecified atom stereocenters. The van der Waals surface area contributed by atoms with E-state index in [2.05, 4.69) is 50.1 Å². The Morgan fingerprint density at radius 1 is 1.25 bits per heavy atom. The maximum atomic E-state index is 12.1. The molecule has 1 aromatic carbocycles. The van der Waals surface area contributed by atoms with Gasteiger partial charge in [0.1, 0.15) is 11.5 Å². The number of carbonyl (C=O) groups is 1. The van der Waals surface area contributed by atoms with Crippen LogP contribution in [0.5, 0.6) is 0 Å². The molecular formula is C14H15IN4O. The molecule has 0 fully saturated rings. The Balaban J connectivity index is 2.06. The molecule has 2 N–H and O–H groups in total. The van der Waals surface area contributed by atoms with Crippen molar-refractivity contribution in [1.82, 2.24) is 9.97 Å². The van der Waals surface area contributed by atoms with Crippen LogP contribution in [0.25, 0.3) is 0 Å². The molecule has 2 aromatic rings. The number of nitrogens with zero attached hydrogens (tertiary/aromatic N) is 2. The van der Waals surface area contributed by atoms with E-state index in [0.29, 0.717) is 11.5 Å². The van der Waals surface area contributed by atoms with Crippen molar-refractivity contribution in [2.75, 3.05) is 17.2 Å². The van der Waals surface area contributed by atoms with Crippen molar-refractivity contribution < 1.29 is 4.79 Å². The molecular weight excluding hydrogens is 367 g/mol. The Kier molecular flexibility index (Phi) is 5.28. The summed E-state index contributed by atoms with van der Waals surface area (Å²) in [5.41, 5.74) is 1.04. The molecule has 0 radical (unpaired) electrons. The number of rotatable bonds is 5. The SMILES string of the molecule is CCCNc1cncc(C(=O)Nc2ccc(I)cc2)n1. The van der Waals surface area contributed by atoms with Crippen molar-refractivity contribution in [3.05, 3.63) is 45.9 Å². The van der Waals surface area contributed by atoms with Crippen LogP contribution in [0.2, 0.25) is 0 Å². The van der Waals surface area contributed by atoms with Crippen LogP contribution in [0.4, 0.5) is 11.5 Å². The molecule has 0 aliphatic carbocycles. The second-order valence-electron chi connectivity index (χ2n) is 4.18. The summed E-state index contributed by atoms with van der Waals surface area (Å²) in [5, 5.41) is 5.90. The van der Waals surface area contributed by atoms with Crippen LogP contribution in [0.1, 0.15) is 23.8 Å². The monoisotopic (exact) mass is 382 g/mol. The van der Waals surface area contributed by atoms with Crippen molar-refractivity contribution in [2.45, 2.75) is 13.3 Å². The number of hydrogen-bond donors (Lipinski definition) is 2. The maximum absolute atomic E-state index is 12.1. The van der Waals surface area contributed by atoms with Gasteiger partial charge in [-0.25, -0.2) is 4.98 Å². The smallest absolute Gasteiger partial charge is 0.275 e. The fourth-order valence-corrected chi connectivity index (χ4v) is 1.90. The summed E-state index contributed by atoms with van der Waals surface area (Å²) in [6.07, 6.45) is 4.05. The Morgan fingerprint density at radius 2 is 2.00 bits per heavy atom. The maximum Gasteiger partial charge on any atom is 0.275 e. The highest BCUT2D eigenvalue weighted by molar-refractivity contribution is 14.1. The normalized spacial score (nSPS) is 10.1. The Morgan fingerprint density at radius 3 is 2.70 bits per heavy atom.